The number of rotatable bonds is 6. The van der Waals surface area contributed by atoms with Gasteiger partial charge < -0.3 is 5.32 Å². The third-order valence-corrected chi connectivity index (χ3v) is 6.27. The Morgan fingerprint density at radius 3 is 2.74 bits per heavy atom. The van der Waals surface area contributed by atoms with E-state index >= 15 is 0 Å². The predicted octanol–water partition coefficient (Wildman–Crippen LogP) is 3.08. The van der Waals surface area contributed by atoms with Crippen LogP contribution in [0.15, 0.2) is 41.8 Å². The van der Waals surface area contributed by atoms with E-state index in [2.05, 4.69) is 31.9 Å². The number of anilines is 1. The number of aromatic amines is 1. The minimum absolute atomic E-state index is 0.108. The number of H-pyrrole nitrogens is 1. The molecule has 158 valence electrons. The Morgan fingerprint density at radius 2 is 2.06 bits per heavy atom. The number of nitrogens with zero attached hydrogens (tertiary/aromatic N) is 4. The number of hydrogen-bond acceptors (Lipinski definition) is 6. The topological polar surface area (TPSA) is 104 Å². The summed E-state index contributed by atoms with van der Waals surface area (Å²) >= 11 is 1.41. The number of carbonyl (C=O) groups excluding carboxylic acids is 2. The van der Waals surface area contributed by atoms with Gasteiger partial charge in [0.1, 0.15) is 0 Å². The zero-order valence-electron chi connectivity index (χ0n) is 16.8. The summed E-state index contributed by atoms with van der Waals surface area (Å²) in [5.74, 6) is 1.74. The minimum Gasteiger partial charge on any atom is -0.351 e. The van der Waals surface area contributed by atoms with Crippen molar-refractivity contribution >= 4 is 28.8 Å². The monoisotopic (exact) mass is 434 g/mol. The molecule has 1 aromatic carbocycles. The van der Waals surface area contributed by atoms with Crippen molar-refractivity contribution in [3.63, 3.8) is 0 Å². The van der Waals surface area contributed by atoms with E-state index in [-0.39, 0.29) is 11.9 Å². The summed E-state index contributed by atoms with van der Waals surface area (Å²) in [5, 5.41) is 19.0. The van der Waals surface area contributed by atoms with Crippen molar-refractivity contribution in [3.8, 4) is 23.7 Å². The highest BCUT2D eigenvalue weighted by Crippen LogP contribution is 2.33. The third kappa shape index (κ3) is 4.64. The first-order chi connectivity index (χ1) is 15.2. The molecule has 0 saturated heterocycles. The number of benzene rings is 1. The molecule has 0 bridgehead atoms. The molecule has 0 aliphatic heterocycles. The van der Waals surface area contributed by atoms with E-state index in [1.165, 1.54) is 22.7 Å². The standard InChI is InChI=1S/C22H22N6O2S/c1-2-19(29)28(17-11-6-8-15(14-17)21-24-26-27-25-21)20(18-12-7-13-31-18)22(30)23-16-9-4-3-5-10-16/h1,6-8,11-14,16,20H,3-5,9-10H2,(H,23,30)(H,24,25,26,27). The molecule has 9 heteroatoms. The van der Waals surface area contributed by atoms with Gasteiger partial charge in [0.05, 0.1) is 0 Å². The van der Waals surface area contributed by atoms with Crippen molar-refractivity contribution in [2.45, 2.75) is 44.2 Å². The number of hydrogen-bond donors (Lipinski definition) is 2. The van der Waals surface area contributed by atoms with Crippen LogP contribution in [-0.2, 0) is 9.59 Å². The second-order valence-corrected chi connectivity index (χ2v) is 8.35. The van der Waals surface area contributed by atoms with Gasteiger partial charge in [-0.1, -0.05) is 37.5 Å². The van der Waals surface area contributed by atoms with Gasteiger partial charge in [0, 0.05) is 22.2 Å². The Bertz CT molecular complexity index is 1070. The van der Waals surface area contributed by atoms with Crippen LogP contribution in [0.25, 0.3) is 11.4 Å². The lowest BCUT2D eigenvalue weighted by molar-refractivity contribution is -0.125. The highest BCUT2D eigenvalue weighted by molar-refractivity contribution is 7.10. The largest absolute Gasteiger partial charge is 0.351 e. The van der Waals surface area contributed by atoms with Crippen molar-refractivity contribution in [1.82, 2.24) is 25.9 Å². The van der Waals surface area contributed by atoms with E-state index < -0.39 is 11.9 Å². The smallest absolute Gasteiger partial charge is 0.303 e. The van der Waals surface area contributed by atoms with Crippen molar-refractivity contribution in [1.29, 1.82) is 0 Å². The molecule has 1 fully saturated rings. The lowest BCUT2D eigenvalue weighted by Crippen LogP contribution is -2.46. The maximum absolute atomic E-state index is 13.5. The molecule has 2 amide bonds. The van der Waals surface area contributed by atoms with Gasteiger partial charge in [-0.2, -0.15) is 5.21 Å². The number of nitrogens with one attached hydrogen (secondary N) is 2. The first kappa shape index (κ1) is 20.8. The first-order valence-corrected chi connectivity index (χ1v) is 11.0. The van der Waals surface area contributed by atoms with E-state index in [1.807, 2.05) is 17.5 Å². The fourth-order valence-corrected chi connectivity index (χ4v) is 4.69. The maximum atomic E-state index is 13.5. The molecule has 4 rings (SSSR count). The molecule has 2 aromatic heterocycles. The van der Waals surface area contributed by atoms with E-state index in [0.29, 0.717) is 17.1 Å². The van der Waals surface area contributed by atoms with Gasteiger partial charge in [0.15, 0.2) is 6.04 Å². The molecule has 31 heavy (non-hydrogen) atoms. The van der Waals surface area contributed by atoms with Crippen LogP contribution in [0.5, 0.6) is 0 Å². The number of carbonyl (C=O) groups is 2. The van der Waals surface area contributed by atoms with Crippen LogP contribution in [0.2, 0.25) is 0 Å². The van der Waals surface area contributed by atoms with Crippen LogP contribution < -0.4 is 10.2 Å². The third-order valence-electron chi connectivity index (χ3n) is 5.34. The van der Waals surface area contributed by atoms with Crippen molar-refractivity contribution in [3.05, 3.63) is 46.7 Å². The summed E-state index contributed by atoms with van der Waals surface area (Å²) in [6, 6.07) is 9.98. The molecule has 8 nitrogen and oxygen atoms in total. The average Bonchev–Trinajstić information content (AvgIpc) is 3.52. The quantitative estimate of drug-likeness (QED) is 0.580. The van der Waals surface area contributed by atoms with Crippen LogP contribution in [0, 0.1) is 12.3 Å². The molecule has 1 aliphatic carbocycles. The number of terminal acetylenes is 1. The van der Waals surface area contributed by atoms with Gasteiger partial charge in [-0.3, -0.25) is 14.5 Å². The molecule has 0 radical (unpaired) electrons. The van der Waals surface area contributed by atoms with E-state index in [9.17, 15) is 9.59 Å². The summed E-state index contributed by atoms with van der Waals surface area (Å²) in [4.78, 5) is 28.5. The summed E-state index contributed by atoms with van der Waals surface area (Å²) in [6.07, 6.45) is 10.8. The Hall–Kier alpha value is -3.51. The molecule has 3 aromatic rings. The van der Waals surface area contributed by atoms with Crippen molar-refractivity contribution < 1.29 is 9.59 Å². The highest BCUT2D eigenvalue weighted by atomic mass is 32.1. The van der Waals surface area contributed by atoms with Crippen molar-refractivity contribution in [2.24, 2.45) is 0 Å². The highest BCUT2D eigenvalue weighted by Gasteiger charge is 2.34. The molecule has 1 unspecified atom stereocenters. The zero-order chi connectivity index (χ0) is 21.6. The molecule has 2 heterocycles. The summed E-state index contributed by atoms with van der Waals surface area (Å²) in [5.41, 5.74) is 1.14. The zero-order valence-corrected chi connectivity index (χ0v) is 17.6. The number of tetrazole rings is 1. The SMILES string of the molecule is C#CC(=O)N(c1cccc(-c2nn[nH]n2)c1)C(C(=O)NC1CCCCC1)c1cccs1. The molecule has 0 spiro atoms. The number of thiophene rings is 1. The van der Waals surface area contributed by atoms with Gasteiger partial charge in [-0.15, -0.1) is 28.0 Å². The molecule has 2 N–H and O–H groups in total. The van der Waals surface area contributed by atoms with Crippen LogP contribution in [0.1, 0.15) is 43.0 Å². The van der Waals surface area contributed by atoms with E-state index in [4.69, 9.17) is 6.42 Å². The van der Waals surface area contributed by atoms with Gasteiger partial charge in [0.2, 0.25) is 11.7 Å². The Kier molecular flexibility index (Phi) is 6.38. The fraction of sp³-hybridized carbons (Fsp3) is 0.318. The predicted molar refractivity (Wildman–Crippen MR) is 118 cm³/mol. The molecular formula is C22H22N6O2S. The van der Waals surface area contributed by atoms with Crippen LogP contribution in [0.3, 0.4) is 0 Å². The second-order valence-electron chi connectivity index (χ2n) is 7.37. The number of amides is 2. The minimum atomic E-state index is -0.869. The Balaban J connectivity index is 1.72. The Morgan fingerprint density at radius 1 is 1.23 bits per heavy atom. The van der Waals surface area contributed by atoms with Crippen LogP contribution >= 0.6 is 11.3 Å². The Labute approximate surface area is 184 Å². The molecule has 1 saturated carbocycles. The van der Waals surface area contributed by atoms with Crippen molar-refractivity contribution in [2.75, 3.05) is 4.90 Å². The van der Waals surface area contributed by atoms with E-state index in [0.717, 1.165) is 30.6 Å². The van der Waals surface area contributed by atoms with Gasteiger partial charge in [-0.05, 0) is 47.6 Å². The number of aromatic nitrogens is 4. The molecule has 1 aliphatic rings. The van der Waals surface area contributed by atoms with E-state index in [1.54, 1.807) is 24.3 Å². The van der Waals surface area contributed by atoms with Gasteiger partial charge in [-0.25, -0.2) is 0 Å². The molecule has 1 atom stereocenters. The summed E-state index contributed by atoms with van der Waals surface area (Å²) < 4.78 is 0. The fourth-order valence-electron chi connectivity index (χ4n) is 3.88. The lowest BCUT2D eigenvalue weighted by Gasteiger charge is -2.31. The van der Waals surface area contributed by atoms with Crippen LogP contribution in [-0.4, -0.2) is 38.5 Å². The van der Waals surface area contributed by atoms with Crippen LogP contribution in [0.4, 0.5) is 5.69 Å². The first-order valence-electron chi connectivity index (χ1n) is 10.1. The maximum Gasteiger partial charge on any atom is 0.303 e. The molecular weight excluding hydrogens is 412 g/mol. The second kappa shape index (κ2) is 9.53. The average molecular weight is 435 g/mol. The normalized spacial score (nSPS) is 15.1. The summed E-state index contributed by atoms with van der Waals surface area (Å²) in [7, 11) is 0. The summed E-state index contributed by atoms with van der Waals surface area (Å²) in [6.45, 7) is 0. The van der Waals surface area contributed by atoms with Gasteiger partial charge in [0.25, 0.3) is 0 Å². The lowest BCUT2D eigenvalue weighted by atomic mass is 9.95. The van der Waals surface area contributed by atoms with Gasteiger partial charge >= 0.3 is 5.91 Å².